The minimum Gasteiger partial charge on any atom is -0.305 e. The first-order valence-electron chi connectivity index (χ1n) is 5.59. The zero-order valence-corrected chi connectivity index (χ0v) is 9.29. The van der Waals surface area contributed by atoms with Gasteiger partial charge in [0.05, 0.1) is 12.1 Å². The Balaban J connectivity index is 2.25. The van der Waals surface area contributed by atoms with E-state index in [0.29, 0.717) is 6.04 Å². The molecule has 1 aliphatic rings. The van der Waals surface area contributed by atoms with Gasteiger partial charge in [-0.15, -0.1) is 0 Å². The Labute approximate surface area is 87.1 Å². The Morgan fingerprint density at radius 1 is 1.57 bits per heavy atom. The first-order valence-corrected chi connectivity index (χ1v) is 5.59. The van der Waals surface area contributed by atoms with Crippen molar-refractivity contribution in [1.82, 2.24) is 10.2 Å². The highest BCUT2D eigenvalue weighted by Gasteiger charge is 2.18. The van der Waals surface area contributed by atoms with Crippen molar-refractivity contribution in [2.75, 3.05) is 20.1 Å². The maximum absolute atomic E-state index is 8.79. The molecule has 3 heteroatoms. The van der Waals surface area contributed by atoms with E-state index in [-0.39, 0.29) is 6.04 Å². The van der Waals surface area contributed by atoms with Crippen LogP contribution in [-0.4, -0.2) is 37.1 Å². The Hall–Kier alpha value is -0.590. The van der Waals surface area contributed by atoms with Crippen molar-refractivity contribution >= 4 is 0 Å². The van der Waals surface area contributed by atoms with Gasteiger partial charge in [-0.25, -0.2) is 0 Å². The number of nitrogens with one attached hydrogen (secondary N) is 1. The Morgan fingerprint density at radius 2 is 2.36 bits per heavy atom. The van der Waals surface area contributed by atoms with E-state index in [0.717, 1.165) is 13.0 Å². The molecule has 3 nitrogen and oxygen atoms in total. The van der Waals surface area contributed by atoms with Crippen LogP contribution >= 0.6 is 0 Å². The lowest BCUT2D eigenvalue weighted by Crippen LogP contribution is -2.40. The maximum Gasteiger partial charge on any atom is 0.0962 e. The van der Waals surface area contributed by atoms with Crippen LogP contribution in [0.2, 0.25) is 0 Å². The smallest absolute Gasteiger partial charge is 0.0962 e. The molecule has 2 atom stereocenters. The van der Waals surface area contributed by atoms with Crippen LogP contribution in [0, 0.1) is 11.3 Å². The second kappa shape index (κ2) is 6.00. The molecule has 2 unspecified atom stereocenters. The number of rotatable bonds is 4. The first-order chi connectivity index (χ1) is 6.77. The van der Waals surface area contributed by atoms with E-state index in [1.807, 2.05) is 7.05 Å². The molecule has 80 valence electrons. The van der Waals surface area contributed by atoms with Gasteiger partial charge in [-0.1, -0.05) is 6.42 Å². The number of hydrogen-bond acceptors (Lipinski definition) is 3. The molecule has 0 aromatic heterocycles. The third-order valence-electron chi connectivity index (χ3n) is 3.15. The molecule has 1 rings (SSSR count). The van der Waals surface area contributed by atoms with Gasteiger partial charge in [0.15, 0.2) is 0 Å². The Kier molecular flexibility index (Phi) is 4.92. The second-order valence-corrected chi connectivity index (χ2v) is 4.14. The highest BCUT2D eigenvalue weighted by atomic mass is 15.2. The number of likely N-dealkylation sites (tertiary alicyclic amines) is 1. The molecule has 0 amide bonds. The van der Waals surface area contributed by atoms with E-state index in [9.17, 15) is 0 Å². The van der Waals surface area contributed by atoms with Gasteiger partial charge < -0.3 is 10.2 Å². The largest absolute Gasteiger partial charge is 0.305 e. The topological polar surface area (TPSA) is 39.1 Å². The lowest BCUT2D eigenvalue weighted by molar-refractivity contribution is 0.156. The average molecular weight is 195 g/mol. The second-order valence-electron chi connectivity index (χ2n) is 4.14. The summed E-state index contributed by atoms with van der Waals surface area (Å²) in [7, 11) is 1.85. The highest BCUT2D eigenvalue weighted by molar-refractivity contribution is 4.89. The van der Waals surface area contributed by atoms with Gasteiger partial charge in [0, 0.05) is 12.6 Å². The van der Waals surface area contributed by atoms with E-state index in [1.165, 1.54) is 25.8 Å². The molecule has 0 bridgehead atoms. The van der Waals surface area contributed by atoms with E-state index >= 15 is 0 Å². The van der Waals surface area contributed by atoms with Crippen molar-refractivity contribution in [2.45, 2.75) is 44.7 Å². The zero-order chi connectivity index (χ0) is 10.4. The molecule has 1 aliphatic heterocycles. The molecule has 0 aromatic rings. The van der Waals surface area contributed by atoms with Crippen molar-refractivity contribution in [3.63, 3.8) is 0 Å². The summed E-state index contributed by atoms with van der Waals surface area (Å²) in [4.78, 5) is 2.51. The first kappa shape index (κ1) is 11.5. The van der Waals surface area contributed by atoms with Crippen molar-refractivity contribution < 1.29 is 0 Å². The minimum absolute atomic E-state index is 0.0177. The molecule has 1 fully saturated rings. The predicted molar refractivity (Wildman–Crippen MR) is 58.0 cm³/mol. The third-order valence-corrected chi connectivity index (χ3v) is 3.15. The molecule has 0 spiro atoms. The molecule has 0 aromatic carbocycles. The summed E-state index contributed by atoms with van der Waals surface area (Å²) in [5.41, 5.74) is 0. The highest BCUT2D eigenvalue weighted by Crippen LogP contribution is 2.16. The summed E-state index contributed by atoms with van der Waals surface area (Å²) in [6.07, 6.45) is 4.95. The predicted octanol–water partition coefficient (Wildman–Crippen LogP) is 1.36. The molecule has 0 radical (unpaired) electrons. The fourth-order valence-corrected chi connectivity index (χ4v) is 2.06. The maximum atomic E-state index is 8.79. The van der Waals surface area contributed by atoms with E-state index < -0.39 is 0 Å². The van der Waals surface area contributed by atoms with Crippen molar-refractivity contribution in [2.24, 2.45) is 0 Å². The van der Waals surface area contributed by atoms with Gasteiger partial charge in [0.25, 0.3) is 0 Å². The van der Waals surface area contributed by atoms with Crippen molar-refractivity contribution in [1.29, 1.82) is 5.26 Å². The van der Waals surface area contributed by atoms with Gasteiger partial charge in [0.1, 0.15) is 0 Å². The molecule has 14 heavy (non-hydrogen) atoms. The number of piperidine rings is 1. The Bertz CT molecular complexity index is 197. The van der Waals surface area contributed by atoms with Crippen LogP contribution in [0.1, 0.15) is 32.6 Å². The van der Waals surface area contributed by atoms with Crippen LogP contribution in [-0.2, 0) is 0 Å². The summed E-state index contributed by atoms with van der Waals surface area (Å²) in [5.74, 6) is 0. The van der Waals surface area contributed by atoms with Crippen molar-refractivity contribution in [3.8, 4) is 6.07 Å². The summed E-state index contributed by atoms with van der Waals surface area (Å²) < 4.78 is 0. The zero-order valence-electron chi connectivity index (χ0n) is 9.29. The number of nitrogens with zero attached hydrogens (tertiary/aromatic N) is 2. The minimum atomic E-state index is 0.0177. The van der Waals surface area contributed by atoms with Crippen LogP contribution in [0.15, 0.2) is 0 Å². The fourth-order valence-electron chi connectivity index (χ4n) is 2.06. The van der Waals surface area contributed by atoms with Crippen LogP contribution in [0.5, 0.6) is 0 Å². The number of nitriles is 1. The quantitative estimate of drug-likeness (QED) is 0.736. The van der Waals surface area contributed by atoms with Crippen LogP contribution in [0.25, 0.3) is 0 Å². The summed E-state index contributed by atoms with van der Waals surface area (Å²) in [6, 6.07) is 2.99. The van der Waals surface area contributed by atoms with Gasteiger partial charge in [-0.05, 0) is 39.8 Å². The van der Waals surface area contributed by atoms with Crippen molar-refractivity contribution in [3.05, 3.63) is 0 Å². The third kappa shape index (κ3) is 3.28. The van der Waals surface area contributed by atoms with Crippen LogP contribution in [0.4, 0.5) is 0 Å². The monoisotopic (exact) mass is 195 g/mol. The van der Waals surface area contributed by atoms with Gasteiger partial charge >= 0.3 is 0 Å². The lowest BCUT2D eigenvalue weighted by Gasteiger charge is -2.33. The summed E-state index contributed by atoms with van der Waals surface area (Å²) in [6.45, 7) is 4.56. The molecular weight excluding hydrogens is 174 g/mol. The average Bonchev–Trinajstić information content (AvgIpc) is 2.22. The summed E-state index contributed by atoms with van der Waals surface area (Å²) >= 11 is 0. The van der Waals surface area contributed by atoms with Gasteiger partial charge in [-0.3, -0.25) is 0 Å². The fraction of sp³-hybridized carbons (Fsp3) is 0.909. The van der Waals surface area contributed by atoms with E-state index in [4.69, 9.17) is 5.26 Å². The van der Waals surface area contributed by atoms with Gasteiger partial charge in [-0.2, -0.15) is 5.26 Å². The molecule has 1 heterocycles. The lowest BCUT2D eigenvalue weighted by atomic mass is 10.0. The van der Waals surface area contributed by atoms with Crippen LogP contribution < -0.4 is 5.32 Å². The molecular formula is C11H21N3. The van der Waals surface area contributed by atoms with E-state index in [2.05, 4.69) is 23.2 Å². The summed E-state index contributed by atoms with van der Waals surface area (Å²) in [5, 5.41) is 11.8. The molecule has 1 N–H and O–H groups in total. The van der Waals surface area contributed by atoms with E-state index in [1.54, 1.807) is 0 Å². The van der Waals surface area contributed by atoms with Gasteiger partial charge in [0.2, 0.25) is 0 Å². The SMILES string of the molecule is CNC(C#N)CCN1CCCCC1C. The molecule has 0 saturated carbocycles. The standard InChI is InChI=1S/C11H21N3/c1-10-5-3-4-7-14(10)8-6-11(9-12)13-2/h10-11,13H,3-8H2,1-2H3. The molecule has 1 saturated heterocycles. The Morgan fingerprint density at radius 3 is 2.93 bits per heavy atom. The number of hydrogen-bond donors (Lipinski definition) is 1. The molecule has 0 aliphatic carbocycles. The van der Waals surface area contributed by atoms with Crippen LogP contribution in [0.3, 0.4) is 0 Å². The normalized spacial score (nSPS) is 25.6.